The van der Waals surface area contributed by atoms with Crippen molar-refractivity contribution < 1.29 is 4.74 Å². The Morgan fingerprint density at radius 3 is 3.38 bits per heavy atom. The number of aromatic nitrogens is 3. The van der Waals surface area contributed by atoms with Crippen molar-refractivity contribution in [1.82, 2.24) is 14.6 Å². The first-order chi connectivity index (χ1) is 7.81. The molecule has 1 fully saturated rings. The predicted molar refractivity (Wildman–Crippen MR) is 63.1 cm³/mol. The van der Waals surface area contributed by atoms with E-state index in [0.29, 0.717) is 6.10 Å². The molecule has 1 aliphatic heterocycles. The summed E-state index contributed by atoms with van der Waals surface area (Å²) in [5.74, 6) is 0. The van der Waals surface area contributed by atoms with Crippen molar-refractivity contribution in [2.24, 2.45) is 0 Å². The maximum absolute atomic E-state index is 5.54. The molecule has 3 heterocycles. The molecular weight excluding hydrogens is 224 g/mol. The van der Waals surface area contributed by atoms with Gasteiger partial charge < -0.3 is 10.1 Å². The number of aryl methyl sites for hydroxylation is 1. The van der Waals surface area contributed by atoms with E-state index in [1.165, 1.54) is 6.42 Å². The maximum Gasteiger partial charge on any atom is 0.214 e. The molecule has 0 aromatic carbocycles. The van der Waals surface area contributed by atoms with Gasteiger partial charge in [-0.1, -0.05) is 11.3 Å². The quantitative estimate of drug-likeness (QED) is 0.884. The van der Waals surface area contributed by atoms with E-state index in [2.05, 4.69) is 15.4 Å². The Bertz CT molecular complexity index is 454. The molecule has 0 bridgehead atoms. The molecule has 5 nitrogen and oxygen atoms in total. The molecule has 1 saturated heterocycles. The minimum absolute atomic E-state index is 0.345. The number of imidazole rings is 1. The molecule has 0 amide bonds. The molecule has 86 valence electrons. The van der Waals surface area contributed by atoms with Gasteiger partial charge >= 0.3 is 0 Å². The fourth-order valence-corrected chi connectivity index (χ4v) is 2.72. The van der Waals surface area contributed by atoms with E-state index in [9.17, 15) is 0 Å². The second-order valence-corrected chi connectivity index (χ2v) is 4.99. The van der Waals surface area contributed by atoms with Gasteiger partial charge in [-0.05, 0) is 19.8 Å². The van der Waals surface area contributed by atoms with Crippen LogP contribution in [0.3, 0.4) is 0 Å². The molecule has 3 rings (SSSR count). The molecule has 1 aliphatic rings. The SMILES string of the molecule is Cc1cn2nc(NC[C@H]3CCCO3)sc2n1. The molecule has 1 atom stereocenters. The summed E-state index contributed by atoms with van der Waals surface area (Å²) in [7, 11) is 0. The minimum atomic E-state index is 0.345. The second-order valence-electron chi connectivity index (χ2n) is 4.03. The van der Waals surface area contributed by atoms with Gasteiger partial charge in [-0.25, -0.2) is 9.50 Å². The number of anilines is 1. The van der Waals surface area contributed by atoms with E-state index in [-0.39, 0.29) is 0 Å². The number of fused-ring (bicyclic) bond motifs is 1. The van der Waals surface area contributed by atoms with Crippen LogP contribution in [0, 0.1) is 6.92 Å². The highest BCUT2D eigenvalue weighted by Gasteiger charge is 2.15. The van der Waals surface area contributed by atoms with Crippen molar-refractivity contribution >= 4 is 21.4 Å². The Kier molecular flexibility index (Phi) is 2.53. The van der Waals surface area contributed by atoms with E-state index in [1.807, 2.05) is 17.6 Å². The summed E-state index contributed by atoms with van der Waals surface area (Å²) in [4.78, 5) is 5.30. The van der Waals surface area contributed by atoms with Gasteiger partial charge in [-0.2, -0.15) is 0 Å². The van der Waals surface area contributed by atoms with Gasteiger partial charge in [-0.15, -0.1) is 5.10 Å². The van der Waals surface area contributed by atoms with Crippen LogP contribution in [0.1, 0.15) is 18.5 Å². The molecule has 0 spiro atoms. The third kappa shape index (κ3) is 1.90. The number of ether oxygens (including phenoxy) is 1. The zero-order valence-electron chi connectivity index (χ0n) is 9.14. The van der Waals surface area contributed by atoms with Crippen LogP contribution in [0.4, 0.5) is 5.13 Å². The zero-order valence-corrected chi connectivity index (χ0v) is 9.96. The Morgan fingerprint density at radius 2 is 2.62 bits per heavy atom. The first-order valence-corrected chi connectivity index (χ1v) is 6.31. The van der Waals surface area contributed by atoms with Crippen molar-refractivity contribution in [3.63, 3.8) is 0 Å². The predicted octanol–water partition coefficient (Wildman–Crippen LogP) is 1.69. The number of hydrogen-bond acceptors (Lipinski definition) is 5. The Balaban J connectivity index is 1.67. The molecule has 0 radical (unpaired) electrons. The summed E-state index contributed by atoms with van der Waals surface area (Å²) < 4.78 is 7.36. The normalized spacial score (nSPS) is 20.7. The van der Waals surface area contributed by atoms with Gasteiger partial charge in [0.25, 0.3) is 0 Å². The van der Waals surface area contributed by atoms with Crippen LogP contribution < -0.4 is 5.32 Å². The summed E-state index contributed by atoms with van der Waals surface area (Å²) >= 11 is 1.58. The van der Waals surface area contributed by atoms with Gasteiger partial charge in [0.1, 0.15) is 0 Å². The number of nitrogens with zero attached hydrogens (tertiary/aromatic N) is 3. The number of hydrogen-bond donors (Lipinski definition) is 1. The first-order valence-electron chi connectivity index (χ1n) is 5.49. The Hall–Kier alpha value is -1.14. The molecule has 0 aliphatic carbocycles. The summed E-state index contributed by atoms with van der Waals surface area (Å²) in [5, 5.41) is 8.62. The fourth-order valence-electron chi connectivity index (χ4n) is 1.89. The highest BCUT2D eigenvalue weighted by molar-refractivity contribution is 7.20. The minimum Gasteiger partial charge on any atom is -0.376 e. The van der Waals surface area contributed by atoms with Gasteiger partial charge in [0.05, 0.1) is 18.0 Å². The van der Waals surface area contributed by atoms with Crippen molar-refractivity contribution in [3.8, 4) is 0 Å². The highest BCUT2D eigenvalue weighted by Crippen LogP contribution is 2.20. The van der Waals surface area contributed by atoms with Crippen molar-refractivity contribution in [3.05, 3.63) is 11.9 Å². The lowest BCUT2D eigenvalue weighted by molar-refractivity contribution is 0.120. The number of rotatable bonds is 3. The van der Waals surface area contributed by atoms with Gasteiger partial charge in [0.15, 0.2) is 0 Å². The smallest absolute Gasteiger partial charge is 0.214 e. The average Bonchev–Trinajstić information content (AvgIpc) is 2.88. The largest absolute Gasteiger partial charge is 0.376 e. The lowest BCUT2D eigenvalue weighted by Crippen LogP contribution is -2.18. The Morgan fingerprint density at radius 1 is 1.69 bits per heavy atom. The van der Waals surface area contributed by atoms with E-state index >= 15 is 0 Å². The molecule has 16 heavy (non-hydrogen) atoms. The van der Waals surface area contributed by atoms with Gasteiger partial charge in [-0.3, -0.25) is 0 Å². The number of nitrogens with one attached hydrogen (secondary N) is 1. The summed E-state index contributed by atoms with van der Waals surface area (Å²) in [6, 6.07) is 0. The van der Waals surface area contributed by atoms with E-state index in [1.54, 1.807) is 11.3 Å². The summed E-state index contributed by atoms with van der Waals surface area (Å²) in [6.07, 6.45) is 4.60. The van der Waals surface area contributed by atoms with Crippen LogP contribution in [0.15, 0.2) is 6.20 Å². The molecule has 2 aromatic rings. The lowest BCUT2D eigenvalue weighted by Gasteiger charge is -2.08. The molecule has 2 aromatic heterocycles. The lowest BCUT2D eigenvalue weighted by atomic mass is 10.2. The monoisotopic (exact) mass is 238 g/mol. The topological polar surface area (TPSA) is 51.5 Å². The van der Waals surface area contributed by atoms with Crippen LogP contribution in [0.25, 0.3) is 4.96 Å². The zero-order chi connectivity index (χ0) is 11.0. The average molecular weight is 238 g/mol. The molecule has 1 N–H and O–H groups in total. The third-order valence-corrected chi connectivity index (χ3v) is 3.55. The molecule has 0 saturated carbocycles. The summed E-state index contributed by atoms with van der Waals surface area (Å²) in [5.41, 5.74) is 1.00. The second kappa shape index (κ2) is 4.03. The molecule has 6 heteroatoms. The van der Waals surface area contributed by atoms with E-state index in [4.69, 9.17) is 4.74 Å². The molecule has 0 unspecified atom stereocenters. The van der Waals surface area contributed by atoms with Crippen LogP contribution >= 0.6 is 11.3 Å². The maximum atomic E-state index is 5.54. The first kappa shape index (κ1) is 10.0. The third-order valence-electron chi connectivity index (χ3n) is 2.67. The van der Waals surface area contributed by atoms with Crippen LogP contribution in [-0.2, 0) is 4.74 Å². The van der Waals surface area contributed by atoms with Crippen molar-refractivity contribution in [2.75, 3.05) is 18.5 Å². The fraction of sp³-hybridized carbons (Fsp3) is 0.600. The van der Waals surface area contributed by atoms with Crippen LogP contribution in [0.5, 0.6) is 0 Å². The van der Waals surface area contributed by atoms with Crippen molar-refractivity contribution in [1.29, 1.82) is 0 Å². The standard InChI is InChI=1S/C10H14N4OS/c1-7-6-14-10(12-7)16-9(13-14)11-5-8-3-2-4-15-8/h6,8H,2-5H2,1H3,(H,11,13)/t8-/m1/s1. The van der Waals surface area contributed by atoms with E-state index < -0.39 is 0 Å². The van der Waals surface area contributed by atoms with Gasteiger partial charge in [0, 0.05) is 13.2 Å². The van der Waals surface area contributed by atoms with Crippen LogP contribution in [0.2, 0.25) is 0 Å². The molecular formula is C10H14N4OS. The summed E-state index contributed by atoms with van der Waals surface area (Å²) in [6.45, 7) is 3.71. The van der Waals surface area contributed by atoms with Crippen LogP contribution in [-0.4, -0.2) is 33.9 Å². The Labute approximate surface area is 97.4 Å². The highest BCUT2D eigenvalue weighted by atomic mass is 32.1. The van der Waals surface area contributed by atoms with E-state index in [0.717, 1.165) is 35.4 Å². The van der Waals surface area contributed by atoms with Crippen molar-refractivity contribution in [2.45, 2.75) is 25.9 Å². The van der Waals surface area contributed by atoms with Gasteiger partial charge in [0.2, 0.25) is 10.1 Å².